The molecule has 1 amide bonds. The van der Waals surface area contributed by atoms with Crippen molar-refractivity contribution in [2.75, 3.05) is 10.6 Å². The van der Waals surface area contributed by atoms with Crippen molar-refractivity contribution in [1.29, 1.82) is 0 Å². The lowest BCUT2D eigenvalue weighted by atomic mass is 10.1. The van der Waals surface area contributed by atoms with E-state index >= 15 is 0 Å². The Labute approximate surface area is 130 Å². The lowest BCUT2D eigenvalue weighted by Gasteiger charge is -2.08. The summed E-state index contributed by atoms with van der Waals surface area (Å²) < 4.78 is 13.6. The summed E-state index contributed by atoms with van der Waals surface area (Å²) >= 11 is 3.38. The summed E-state index contributed by atoms with van der Waals surface area (Å²) in [6.07, 6.45) is 1.91. The Morgan fingerprint density at radius 2 is 2.05 bits per heavy atom. The van der Waals surface area contributed by atoms with Crippen molar-refractivity contribution in [3.63, 3.8) is 0 Å². The summed E-state index contributed by atoms with van der Waals surface area (Å²) in [6, 6.07) is 10.9. The van der Waals surface area contributed by atoms with Crippen LogP contribution in [0.5, 0.6) is 5.75 Å². The highest BCUT2D eigenvalue weighted by molar-refractivity contribution is 9.09. The number of hydrogen-bond acceptors (Lipinski definition) is 2. The van der Waals surface area contributed by atoms with Gasteiger partial charge >= 0.3 is 0 Å². The SMILES string of the molecule is O=C(Nc1cccc(CCCBr)c1)c1ccc(O)cc1F. The Balaban J connectivity index is 2.12. The van der Waals surface area contributed by atoms with Crippen LogP contribution < -0.4 is 5.32 Å². The van der Waals surface area contributed by atoms with Gasteiger partial charge in [0.1, 0.15) is 11.6 Å². The Hall–Kier alpha value is -1.88. The third-order valence-electron chi connectivity index (χ3n) is 2.98. The van der Waals surface area contributed by atoms with Gasteiger partial charge in [-0.1, -0.05) is 28.1 Å². The van der Waals surface area contributed by atoms with Gasteiger partial charge in [-0.2, -0.15) is 0 Å². The number of aromatic hydroxyl groups is 1. The lowest BCUT2D eigenvalue weighted by molar-refractivity contribution is 0.102. The highest BCUT2D eigenvalue weighted by Crippen LogP contribution is 2.18. The number of phenolic OH excluding ortho intramolecular Hbond substituents is 1. The molecule has 0 saturated carbocycles. The summed E-state index contributed by atoms with van der Waals surface area (Å²) in [5.74, 6) is -1.49. The Morgan fingerprint density at radius 3 is 2.76 bits per heavy atom. The van der Waals surface area contributed by atoms with Gasteiger partial charge in [0.15, 0.2) is 0 Å². The molecule has 0 saturated heterocycles. The van der Waals surface area contributed by atoms with Crippen molar-refractivity contribution < 1.29 is 14.3 Å². The number of aryl methyl sites for hydroxylation is 1. The van der Waals surface area contributed by atoms with Gasteiger partial charge in [0.05, 0.1) is 5.56 Å². The number of nitrogens with one attached hydrogen (secondary N) is 1. The van der Waals surface area contributed by atoms with Crippen LogP contribution in [0.3, 0.4) is 0 Å². The van der Waals surface area contributed by atoms with Crippen LogP contribution >= 0.6 is 15.9 Å². The second-order valence-electron chi connectivity index (χ2n) is 4.61. The van der Waals surface area contributed by atoms with Crippen LogP contribution in [0.1, 0.15) is 22.3 Å². The van der Waals surface area contributed by atoms with Crippen LogP contribution in [0.2, 0.25) is 0 Å². The molecule has 2 aromatic rings. The van der Waals surface area contributed by atoms with Crippen LogP contribution in [0.25, 0.3) is 0 Å². The van der Waals surface area contributed by atoms with Gasteiger partial charge in [0.2, 0.25) is 0 Å². The van der Waals surface area contributed by atoms with Crippen LogP contribution in [-0.2, 0) is 6.42 Å². The molecule has 0 aromatic heterocycles. The molecule has 0 aliphatic heterocycles. The standard InChI is InChI=1S/C16H15BrFNO2/c17-8-2-4-11-3-1-5-12(9-11)19-16(21)14-7-6-13(20)10-15(14)18/h1,3,5-7,9-10,20H,2,4,8H2,(H,19,21). The van der Waals surface area contributed by atoms with E-state index in [2.05, 4.69) is 21.2 Å². The molecule has 0 atom stereocenters. The van der Waals surface area contributed by atoms with Crippen molar-refractivity contribution in [2.24, 2.45) is 0 Å². The van der Waals surface area contributed by atoms with Crippen molar-refractivity contribution in [2.45, 2.75) is 12.8 Å². The third-order valence-corrected chi connectivity index (χ3v) is 3.54. The number of hydrogen-bond donors (Lipinski definition) is 2. The van der Waals surface area contributed by atoms with Crippen molar-refractivity contribution in [3.05, 3.63) is 59.4 Å². The predicted octanol–water partition coefficient (Wildman–Crippen LogP) is 4.11. The fourth-order valence-electron chi connectivity index (χ4n) is 1.96. The zero-order valence-electron chi connectivity index (χ0n) is 11.3. The van der Waals surface area contributed by atoms with E-state index in [1.165, 1.54) is 12.1 Å². The van der Waals surface area contributed by atoms with E-state index in [1.54, 1.807) is 6.07 Å². The Morgan fingerprint density at radius 1 is 1.24 bits per heavy atom. The van der Waals surface area contributed by atoms with Crippen molar-refractivity contribution >= 4 is 27.5 Å². The van der Waals surface area contributed by atoms with E-state index in [0.717, 1.165) is 29.8 Å². The van der Waals surface area contributed by atoms with Gasteiger partial charge in [-0.25, -0.2) is 4.39 Å². The molecule has 0 spiro atoms. The minimum Gasteiger partial charge on any atom is -0.508 e. The molecule has 3 nitrogen and oxygen atoms in total. The summed E-state index contributed by atoms with van der Waals surface area (Å²) in [5.41, 5.74) is 1.64. The molecular weight excluding hydrogens is 337 g/mol. The van der Waals surface area contributed by atoms with Crippen molar-refractivity contribution in [3.8, 4) is 5.75 Å². The highest BCUT2D eigenvalue weighted by Gasteiger charge is 2.12. The normalized spacial score (nSPS) is 10.4. The molecule has 0 unspecified atom stereocenters. The molecule has 0 heterocycles. The maximum atomic E-state index is 13.6. The van der Waals surface area contributed by atoms with E-state index < -0.39 is 11.7 Å². The Bertz CT molecular complexity index is 646. The lowest BCUT2D eigenvalue weighted by Crippen LogP contribution is -2.13. The number of amides is 1. The number of alkyl halides is 1. The minimum atomic E-state index is -0.747. The summed E-state index contributed by atoms with van der Waals surface area (Å²) in [5, 5.41) is 12.7. The maximum absolute atomic E-state index is 13.6. The fraction of sp³-hybridized carbons (Fsp3) is 0.188. The van der Waals surface area contributed by atoms with E-state index in [-0.39, 0.29) is 11.3 Å². The molecular formula is C16H15BrFNO2. The number of phenols is 1. The first kappa shape index (κ1) is 15.5. The van der Waals surface area contributed by atoms with Gasteiger partial charge in [0, 0.05) is 17.1 Å². The second kappa shape index (κ2) is 7.22. The fourth-order valence-corrected chi connectivity index (χ4v) is 2.24. The molecule has 0 bridgehead atoms. The number of halogens is 2. The Kier molecular flexibility index (Phi) is 5.33. The van der Waals surface area contributed by atoms with Crippen LogP contribution in [0, 0.1) is 5.82 Å². The van der Waals surface area contributed by atoms with Gasteiger partial charge in [-0.3, -0.25) is 4.79 Å². The second-order valence-corrected chi connectivity index (χ2v) is 5.40. The predicted molar refractivity (Wildman–Crippen MR) is 84.6 cm³/mol. The molecule has 0 radical (unpaired) electrons. The quantitative estimate of drug-likeness (QED) is 0.796. The molecule has 21 heavy (non-hydrogen) atoms. The molecule has 2 rings (SSSR count). The van der Waals surface area contributed by atoms with Crippen molar-refractivity contribution in [1.82, 2.24) is 0 Å². The van der Waals surface area contributed by atoms with Crippen LogP contribution in [0.4, 0.5) is 10.1 Å². The average Bonchev–Trinajstić information content (AvgIpc) is 2.45. The molecule has 0 fully saturated rings. The largest absolute Gasteiger partial charge is 0.508 e. The first-order chi connectivity index (χ1) is 10.1. The van der Waals surface area contributed by atoms with Gasteiger partial charge in [-0.15, -0.1) is 0 Å². The number of anilines is 1. The topological polar surface area (TPSA) is 49.3 Å². The van der Waals surface area contributed by atoms with Crippen LogP contribution in [-0.4, -0.2) is 16.3 Å². The molecule has 0 aliphatic carbocycles. The van der Waals surface area contributed by atoms with E-state index in [1.807, 2.05) is 18.2 Å². The molecule has 2 aromatic carbocycles. The van der Waals surface area contributed by atoms with E-state index in [4.69, 9.17) is 5.11 Å². The van der Waals surface area contributed by atoms with Gasteiger partial charge in [-0.05, 0) is 42.7 Å². The highest BCUT2D eigenvalue weighted by atomic mass is 79.9. The molecule has 110 valence electrons. The maximum Gasteiger partial charge on any atom is 0.258 e. The van der Waals surface area contributed by atoms with Gasteiger partial charge in [0.25, 0.3) is 5.91 Å². The first-order valence-corrected chi connectivity index (χ1v) is 7.67. The zero-order valence-corrected chi connectivity index (χ0v) is 12.9. The number of rotatable bonds is 5. The number of benzene rings is 2. The first-order valence-electron chi connectivity index (χ1n) is 6.55. The summed E-state index contributed by atoms with van der Waals surface area (Å²) in [7, 11) is 0. The average molecular weight is 352 g/mol. The monoisotopic (exact) mass is 351 g/mol. The van der Waals surface area contributed by atoms with E-state index in [0.29, 0.717) is 5.69 Å². The van der Waals surface area contributed by atoms with Gasteiger partial charge < -0.3 is 10.4 Å². The smallest absolute Gasteiger partial charge is 0.258 e. The number of carbonyl (C=O) groups excluding carboxylic acids is 1. The van der Waals surface area contributed by atoms with Crippen LogP contribution in [0.15, 0.2) is 42.5 Å². The van der Waals surface area contributed by atoms with E-state index in [9.17, 15) is 9.18 Å². The summed E-state index contributed by atoms with van der Waals surface area (Å²) in [4.78, 5) is 12.0. The molecule has 0 aliphatic rings. The number of carbonyl (C=O) groups is 1. The zero-order chi connectivity index (χ0) is 15.2. The third kappa shape index (κ3) is 4.29. The summed E-state index contributed by atoms with van der Waals surface area (Å²) in [6.45, 7) is 0. The minimum absolute atomic E-state index is 0.0985. The molecule has 2 N–H and O–H groups in total. The molecule has 5 heteroatoms.